The molecule has 57 heavy (non-hydrogen) atoms. The van der Waals surface area contributed by atoms with Crippen LogP contribution in [0.1, 0.15) is 44.5 Å². The first-order valence-corrected chi connectivity index (χ1v) is 20.0. The average molecular weight is 722 g/mol. The highest BCUT2D eigenvalue weighted by Gasteiger charge is 2.60. The molecule has 1 aromatic heterocycles. The molecule has 3 aliphatic rings. The van der Waals surface area contributed by atoms with Crippen LogP contribution < -0.4 is 0 Å². The molecule has 2 unspecified atom stereocenters. The molecule has 0 amide bonds. The van der Waals surface area contributed by atoms with E-state index in [0.717, 1.165) is 5.69 Å². The molecular weight excluding hydrogens is 687 g/mol. The van der Waals surface area contributed by atoms with E-state index in [1.165, 1.54) is 99.7 Å². The fourth-order valence-electron chi connectivity index (χ4n) is 11.5. The summed E-state index contributed by atoms with van der Waals surface area (Å²) in [6.45, 7) is 0. The van der Waals surface area contributed by atoms with Gasteiger partial charge in [-0.25, -0.2) is 0 Å². The summed E-state index contributed by atoms with van der Waals surface area (Å²) < 4.78 is 2.41. The molecule has 10 aromatic rings. The summed E-state index contributed by atoms with van der Waals surface area (Å²) in [6, 6.07) is 79.9. The Balaban J connectivity index is 1.12. The molecule has 264 valence electrons. The van der Waals surface area contributed by atoms with Crippen molar-refractivity contribution < 1.29 is 0 Å². The maximum Gasteiger partial charge on any atom is 0.0726 e. The van der Waals surface area contributed by atoms with Gasteiger partial charge < -0.3 is 4.57 Å². The van der Waals surface area contributed by atoms with Crippen LogP contribution in [-0.4, -0.2) is 4.57 Å². The van der Waals surface area contributed by atoms with Gasteiger partial charge in [0.1, 0.15) is 0 Å². The predicted octanol–water partition coefficient (Wildman–Crippen LogP) is 13.5. The van der Waals surface area contributed by atoms with Crippen molar-refractivity contribution >= 4 is 21.8 Å². The number of rotatable bonds is 3. The third-order valence-electron chi connectivity index (χ3n) is 13.5. The van der Waals surface area contributed by atoms with E-state index in [-0.39, 0.29) is 0 Å². The van der Waals surface area contributed by atoms with E-state index in [4.69, 9.17) is 0 Å². The van der Waals surface area contributed by atoms with Crippen LogP contribution in [-0.2, 0) is 10.8 Å². The Bertz CT molecular complexity index is 3240. The summed E-state index contributed by atoms with van der Waals surface area (Å²) in [5.41, 5.74) is 21.3. The molecular formula is C56H35N. The lowest BCUT2D eigenvalue weighted by Crippen LogP contribution is -2.43. The quantitative estimate of drug-likeness (QED) is 0.171. The fourth-order valence-corrected chi connectivity index (χ4v) is 11.5. The lowest BCUT2D eigenvalue weighted by molar-refractivity contribution is 0.637. The van der Waals surface area contributed by atoms with Crippen LogP contribution in [0.4, 0.5) is 0 Å². The van der Waals surface area contributed by atoms with Crippen molar-refractivity contribution in [3.8, 4) is 39.1 Å². The number of hydrogen-bond donors (Lipinski definition) is 0. The van der Waals surface area contributed by atoms with Crippen molar-refractivity contribution in [3.05, 3.63) is 257 Å². The van der Waals surface area contributed by atoms with E-state index in [0.29, 0.717) is 0 Å². The predicted molar refractivity (Wildman–Crippen MR) is 234 cm³/mol. The number of fused-ring (bicyclic) bond motifs is 15. The standard InChI is InChI=1S/C56H35N/c1-2-16-37(17-3-1)55-46-25-8-4-19-41(46)45-24-15-29-50(54(45)55)56(49-28-11-10-27-48(49)55)47-26-9-5-18-40(47)44-23-14-22-39(53(44)56)36-32-34-38(35-33-36)57-51-30-12-6-20-42(51)43-21-7-13-31-52(43)57/h1-35H. The maximum atomic E-state index is 2.45. The van der Waals surface area contributed by atoms with Gasteiger partial charge in [0.15, 0.2) is 0 Å². The largest absolute Gasteiger partial charge is 0.309 e. The molecule has 1 nitrogen and oxygen atoms in total. The zero-order valence-corrected chi connectivity index (χ0v) is 31.2. The van der Waals surface area contributed by atoms with Crippen molar-refractivity contribution in [2.24, 2.45) is 0 Å². The molecule has 0 radical (unpaired) electrons. The Morgan fingerprint density at radius 1 is 0.281 bits per heavy atom. The van der Waals surface area contributed by atoms with Crippen LogP contribution in [0.2, 0.25) is 0 Å². The molecule has 0 N–H and O–H groups in total. The molecule has 9 aromatic carbocycles. The monoisotopic (exact) mass is 721 g/mol. The molecule has 0 saturated heterocycles. The number of benzene rings is 9. The number of hydrogen-bond acceptors (Lipinski definition) is 0. The van der Waals surface area contributed by atoms with E-state index < -0.39 is 10.8 Å². The summed E-state index contributed by atoms with van der Waals surface area (Å²) in [4.78, 5) is 0. The van der Waals surface area contributed by atoms with Gasteiger partial charge in [-0.15, -0.1) is 0 Å². The second-order valence-electron chi connectivity index (χ2n) is 15.9. The van der Waals surface area contributed by atoms with Gasteiger partial charge in [-0.05, 0) is 102 Å². The molecule has 0 fully saturated rings. The van der Waals surface area contributed by atoms with Gasteiger partial charge in [0.25, 0.3) is 0 Å². The maximum absolute atomic E-state index is 2.45. The molecule has 0 aliphatic heterocycles. The Hall–Kier alpha value is -7.22. The SMILES string of the molecule is c1ccc(C23c4ccccc4-c4cccc(c42)C2(c4ccccc4-c4cccc(-c5ccc(-n6c7ccccc7c7ccccc76)cc5)c42)c2ccccc23)cc1. The van der Waals surface area contributed by atoms with Gasteiger partial charge >= 0.3 is 0 Å². The van der Waals surface area contributed by atoms with Gasteiger partial charge in [-0.2, -0.15) is 0 Å². The van der Waals surface area contributed by atoms with E-state index in [1.807, 2.05) is 0 Å². The second kappa shape index (κ2) is 11.2. The summed E-state index contributed by atoms with van der Waals surface area (Å²) in [6.07, 6.45) is 0. The summed E-state index contributed by atoms with van der Waals surface area (Å²) in [7, 11) is 0. The van der Waals surface area contributed by atoms with Crippen LogP contribution >= 0.6 is 0 Å². The van der Waals surface area contributed by atoms with Crippen LogP contribution in [0, 0.1) is 0 Å². The van der Waals surface area contributed by atoms with Crippen molar-refractivity contribution in [1.29, 1.82) is 0 Å². The van der Waals surface area contributed by atoms with Crippen LogP contribution in [0.15, 0.2) is 212 Å². The molecule has 3 aliphatic carbocycles. The first-order chi connectivity index (χ1) is 28.3. The van der Waals surface area contributed by atoms with Crippen molar-refractivity contribution in [1.82, 2.24) is 4.57 Å². The molecule has 1 heterocycles. The van der Waals surface area contributed by atoms with Crippen LogP contribution in [0.25, 0.3) is 60.9 Å². The second-order valence-corrected chi connectivity index (χ2v) is 15.9. The Kier molecular flexibility index (Phi) is 6.09. The minimum atomic E-state index is -0.545. The molecule has 0 saturated carbocycles. The zero-order chi connectivity index (χ0) is 37.3. The van der Waals surface area contributed by atoms with Crippen LogP contribution in [0.3, 0.4) is 0 Å². The van der Waals surface area contributed by atoms with Crippen molar-refractivity contribution in [2.75, 3.05) is 0 Å². The molecule has 2 atom stereocenters. The average Bonchev–Trinajstić information content (AvgIpc) is 3.90. The van der Waals surface area contributed by atoms with Gasteiger partial charge in [-0.3, -0.25) is 0 Å². The Morgan fingerprint density at radius 2 is 0.737 bits per heavy atom. The zero-order valence-electron chi connectivity index (χ0n) is 31.2. The summed E-state index contributed by atoms with van der Waals surface area (Å²) in [5, 5.41) is 2.55. The van der Waals surface area contributed by atoms with Gasteiger partial charge in [-0.1, -0.05) is 188 Å². The van der Waals surface area contributed by atoms with Crippen LogP contribution in [0.5, 0.6) is 0 Å². The molecule has 0 bridgehead atoms. The number of para-hydroxylation sites is 2. The smallest absolute Gasteiger partial charge is 0.0726 e. The first kappa shape index (κ1) is 31.0. The normalized spacial score (nSPS) is 18.0. The molecule has 13 rings (SSSR count). The highest BCUT2D eigenvalue weighted by atomic mass is 15.0. The van der Waals surface area contributed by atoms with E-state index in [2.05, 4.69) is 217 Å². The fraction of sp³-hybridized carbons (Fsp3) is 0.0357. The summed E-state index contributed by atoms with van der Waals surface area (Å²) in [5.74, 6) is 0. The highest BCUT2D eigenvalue weighted by Crippen LogP contribution is 2.69. The Labute approximate surface area is 331 Å². The van der Waals surface area contributed by atoms with E-state index in [1.54, 1.807) is 0 Å². The van der Waals surface area contributed by atoms with Crippen molar-refractivity contribution in [3.63, 3.8) is 0 Å². The minimum Gasteiger partial charge on any atom is -0.309 e. The number of aromatic nitrogens is 1. The highest BCUT2D eigenvalue weighted by molar-refractivity contribution is 6.09. The number of nitrogens with zero attached hydrogens (tertiary/aromatic N) is 1. The first-order valence-electron chi connectivity index (χ1n) is 20.0. The van der Waals surface area contributed by atoms with E-state index in [9.17, 15) is 0 Å². The van der Waals surface area contributed by atoms with Gasteiger partial charge in [0.05, 0.1) is 21.9 Å². The third kappa shape index (κ3) is 3.70. The van der Waals surface area contributed by atoms with Gasteiger partial charge in [0, 0.05) is 16.5 Å². The lowest BCUT2D eigenvalue weighted by Gasteiger charge is -2.48. The lowest BCUT2D eigenvalue weighted by atomic mass is 9.52. The van der Waals surface area contributed by atoms with E-state index >= 15 is 0 Å². The topological polar surface area (TPSA) is 4.93 Å². The minimum absolute atomic E-state index is 0.456. The Morgan fingerprint density at radius 3 is 1.40 bits per heavy atom. The summed E-state index contributed by atoms with van der Waals surface area (Å²) >= 11 is 0. The molecule has 1 spiro atoms. The van der Waals surface area contributed by atoms with Gasteiger partial charge in [0.2, 0.25) is 0 Å². The van der Waals surface area contributed by atoms with Crippen molar-refractivity contribution in [2.45, 2.75) is 10.8 Å². The third-order valence-corrected chi connectivity index (χ3v) is 13.5. The molecule has 1 heteroatoms.